The van der Waals surface area contributed by atoms with E-state index in [1.807, 2.05) is 0 Å². The van der Waals surface area contributed by atoms with Crippen molar-refractivity contribution in [1.29, 1.82) is 0 Å². The highest BCUT2D eigenvalue weighted by Gasteiger charge is 2.13. The Bertz CT molecular complexity index is 471. The Morgan fingerprint density at radius 1 is 1.33 bits per heavy atom. The summed E-state index contributed by atoms with van der Waals surface area (Å²) in [5, 5.41) is 2.88. The number of carbonyl (C=O) groups excluding carboxylic acids is 2. The van der Waals surface area contributed by atoms with Crippen molar-refractivity contribution >= 4 is 23.2 Å². The van der Waals surface area contributed by atoms with Gasteiger partial charge in [0.2, 0.25) is 5.91 Å². The number of nitrogens with one attached hydrogen (secondary N) is 1. The first-order valence-electron chi connectivity index (χ1n) is 5.50. The van der Waals surface area contributed by atoms with Crippen molar-refractivity contribution in [3.05, 3.63) is 23.8 Å². The van der Waals surface area contributed by atoms with Crippen LogP contribution in [0.4, 0.5) is 11.4 Å². The molecule has 2 amide bonds. The normalized spacial score (nSPS) is 11.7. The first kappa shape index (κ1) is 13.8. The number of hydrogen-bond donors (Lipinski definition) is 3. The summed E-state index contributed by atoms with van der Waals surface area (Å²) in [6.45, 7) is 1.64. The zero-order chi connectivity index (χ0) is 13.9. The molecule has 98 valence electrons. The van der Waals surface area contributed by atoms with Crippen LogP contribution in [0.5, 0.6) is 0 Å². The fourth-order valence-corrected chi connectivity index (χ4v) is 1.39. The van der Waals surface area contributed by atoms with Crippen molar-refractivity contribution < 1.29 is 9.59 Å². The first-order chi connectivity index (χ1) is 8.32. The van der Waals surface area contributed by atoms with E-state index < -0.39 is 11.9 Å². The predicted molar refractivity (Wildman–Crippen MR) is 71.2 cm³/mol. The van der Waals surface area contributed by atoms with Gasteiger partial charge in [-0.15, -0.1) is 0 Å². The zero-order valence-corrected chi connectivity index (χ0v) is 10.7. The van der Waals surface area contributed by atoms with Crippen molar-refractivity contribution in [2.45, 2.75) is 13.0 Å². The Hall–Kier alpha value is -2.24. The molecule has 0 spiro atoms. The first-order valence-corrected chi connectivity index (χ1v) is 5.50. The van der Waals surface area contributed by atoms with E-state index >= 15 is 0 Å². The number of nitrogens with two attached hydrogens (primary N) is 2. The number of nitrogen functional groups attached to an aromatic ring is 1. The van der Waals surface area contributed by atoms with Gasteiger partial charge in [0, 0.05) is 19.7 Å². The Morgan fingerprint density at radius 2 is 1.94 bits per heavy atom. The SMILES string of the molecule is CC(Nc1ccc(C(=O)N(C)C)cc1N)C(N)=O. The molecule has 0 saturated heterocycles. The quantitative estimate of drug-likeness (QED) is 0.667. The van der Waals surface area contributed by atoms with E-state index in [1.54, 1.807) is 39.2 Å². The van der Waals surface area contributed by atoms with Crippen LogP contribution >= 0.6 is 0 Å². The summed E-state index contributed by atoms with van der Waals surface area (Å²) in [5.41, 5.74) is 12.4. The largest absolute Gasteiger partial charge is 0.397 e. The van der Waals surface area contributed by atoms with Gasteiger partial charge >= 0.3 is 0 Å². The number of anilines is 2. The molecule has 1 aromatic carbocycles. The molecule has 0 aliphatic carbocycles. The van der Waals surface area contributed by atoms with E-state index in [0.717, 1.165) is 0 Å². The average Bonchev–Trinajstić information content (AvgIpc) is 2.30. The van der Waals surface area contributed by atoms with Gasteiger partial charge in [0.15, 0.2) is 0 Å². The number of carbonyl (C=O) groups is 2. The van der Waals surface area contributed by atoms with Gasteiger partial charge in [-0.25, -0.2) is 0 Å². The molecule has 0 aliphatic heterocycles. The number of benzene rings is 1. The molecule has 0 bridgehead atoms. The molecule has 0 fully saturated rings. The van der Waals surface area contributed by atoms with E-state index in [9.17, 15) is 9.59 Å². The molecule has 18 heavy (non-hydrogen) atoms. The summed E-state index contributed by atoms with van der Waals surface area (Å²) >= 11 is 0. The molecule has 5 N–H and O–H groups in total. The van der Waals surface area contributed by atoms with Gasteiger partial charge in [-0.2, -0.15) is 0 Å². The molecule has 1 atom stereocenters. The number of primary amides is 1. The summed E-state index contributed by atoms with van der Waals surface area (Å²) < 4.78 is 0. The lowest BCUT2D eigenvalue weighted by Crippen LogP contribution is -2.32. The second-order valence-electron chi connectivity index (χ2n) is 4.27. The predicted octanol–water partition coefficient (Wildman–Crippen LogP) is 0.256. The highest BCUT2D eigenvalue weighted by Crippen LogP contribution is 2.21. The third kappa shape index (κ3) is 3.13. The zero-order valence-electron chi connectivity index (χ0n) is 10.7. The number of rotatable bonds is 4. The van der Waals surface area contributed by atoms with Crippen LogP contribution in [-0.4, -0.2) is 36.9 Å². The van der Waals surface area contributed by atoms with Crippen LogP contribution in [0.25, 0.3) is 0 Å². The van der Waals surface area contributed by atoms with Crippen molar-refractivity contribution in [3.63, 3.8) is 0 Å². The summed E-state index contributed by atoms with van der Waals surface area (Å²) in [6.07, 6.45) is 0. The smallest absolute Gasteiger partial charge is 0.253 e. The third-order valence-corrected chi connectivity index (χ3v) is 2.50. The second-order valence-corrected chi connectivity index (χ2v) is 4.27. The molecule has 0 aliphatic rings. The molecular formula is C12H18N4O2. The van der Waals surface area contributed by atoms with E-state index in [2.05, 4.69) is 5.32 Å². The number of nitrogens with zero attached hydrogens (tertiary/aromatic N) is 1. The number of hydrogen-bond acceptors (Lipinski definition) is 4. The van der Waals surface area contributed by atoms with Crippen LogP contribution in [-0.2, 0) is 4.79 Å². The van der Waals surface area contributed by atoms with E-state index in [1.165, 1.54) is 4.90 Å². The minimum absolute atomic E-state index is 0.129. The van der Waals surface area contributed by atoms with Crippen molar-refractivity contribution in [3.8, 4) is 0 Å². The Kier molecular flexibility index (Phi) is 4.14. The van der Waals surface area contributed by atoms with Crippen molar-refractivity contribution in [1.82, 2.24) is 4.90 Å². The minimum atomic E-state index is -0.525. The summed E-state index contributed by atoms with van der Waals surface area (Å²) in [4.78, 5) is 24.1. The maximum atomic E-state index is 11.7. The fourth-order valence-electron chi connectivity index (χ4n) is 1.39. The van der Waals surface area contributed by atoms with Gasteiger partial charge in [-0.05, 0) is 25.1 Å². The molecule has 6 heteroatoms. The van der Waals surface area contributed by atoms with Gasteiger partial charge in [0.25, 0.3) is 5.91 Å². The average molecular weight is 250 g/mol. The van der Waals surface area contributed by atoms with Gasteiger partial charge in [0.05, 0.1) is 11.4 Å². The summed E-state index contributed by atoms with van der Waals surface area (Å²) in [5.74, 6) is -0.598. The van der Waals surface area contributed by atoms with Crippen LogP contribution in [0.2, 0.25) is 0 Å². The standard InChI is InChI=1S/C12H18N4O2/c1-7(11(14)17)15-10-5-4-8(6-9(10)13)12(18)16(2)3/h4-7,15H,13H2,1-3H3,(H2,14,17). The molecule has 1 rings (SSSR count). The number of amides is 2. The monoisotopic (exact) mass is 250 g/mol. The molecule has 0 saturated carbocycles. The van der Waals surface area contributed by atoms with E-state index in [4.69, 9.17) is 11.5 Å². The Labute approximate surface area is 106 Å². The van der Waals surface area contributed by atoms with E-state index in [0.29, 0.717) is 16.9 Å². The Morgan fingerprint density at radius 3 is 2.39 bits per heavy atom. The lowest BCUT2D eigenvalue weighted by molar-refractivity contribution is -0.118. The second kappa shape index (κ2) is 5.39. The van der Waals surface area contributed by atoms with E-state index in [-0.39, 0.29) is 5.91 Å². The molecular weight excluding hydrogens is 232 g/mol. The van der Waals surface area contributed by atoms with Gasteiger partial charge in [0.1, 0.15) is 6.04 Å². The highest BCUT2D eigenvalue weighted by molar-refractivity contribution is 5.96. The van der Waals surface area contributed by atoms with Crippen LogP contribution in [0, 0.1) is 0 Å². The summed E-state index contributed by atoms with van der Waals surface area (Å²) in [6, 6.07) is 4.35. The van der Waals surface area contributed by atoms with Crippen LogP contribution in [0.1, 0.15) is 17.3 Å². The van der Waals surface area contributed by atoms with Crippen LogP contribution < -0.4 is 16.8 Å². The third-order valence-electron chi connectivity index (χ3n) is 2.50. The van der Waals surface area contributed by atoms with Crippen molar-refractivity contribution in [2.75, 3.05) is 25.1 Å². The maximum absolute atomic E-state index is 11.7. The summed E-state index contributed by atoms with van der Waals surface area (Å²) in [7, 11) is 3.33. The molecule has 0 radical (unpaired) electrons. The molecule has 0 heterocycles. The highest BCUT2D eigenvalue weighted by atomic mass is 16.2. The molecule has 1 unspecified atom stereocenters. The molecule has 6 nitrogen and oxygen atoms in total. The minimum Gasteiger partial charge on any atom is -0.397 e. The van der Waals surface area contributed by atoms with Crippen LogP contribution in [0.3, 0.4) is 0 Å². The lowest BCUT2D eigenvalue weighted by atomic mass is 10.1. The van der Waals surface area contributed by atoms with Gasteiger partial charge in [-0.3, -0.25) is 9.59 Å². The lowest BCUT2D eigenvalue weighted by Gasteiger charge is -2.15. The topological polar surface area (TPSA) is 101 Å². The van der Waals surface area contributed by atoms with Crippen molar-refractivity contribution in [2.24, 2.45) is 5.73 Å². The van der Waals surface area contributed by atoms with Crippen LogP contribution in [0.15, 0.2) is 18.2 Å². The fraction of sp³-hybridized carbons (Fsp3) is 0.333. The maximum Gasteiger partial charge on any atom is 0.253 e. The van der Waals surface area contributed by atoms with Gasteiger partial charge in [-0.1, -0.05) is 0 Å². The Balaban J connectivity index is 2.93. The molecule has 0 aromatic heterocycles. The molecule has 1 aromatic rings. The van der Waals surface area contributed by atoms with Gasteiger partial charge < -0.3 is 21.7 Å².